The van der Waals surface area contributed by atoms with Gasteiger partial charge in [0, 0.05) is 25.2 Å². The van der Waals surface area contributed by atoms with Crippen molar-refractivity contribution in [1.29, 1.82) is 0 Å². The SMILES string of the molecule is Cc1cc(CBr)cnc1N(C)C1CCOC1. The van der Waals surface area contributed by atoms with Crippen molar-refractivity contribution in [1.82, 2.24) is 4.98 Å². The van der Waals surface area contributed by atoms with E-state index in [2.05, 4.69) is 45.9 Å². The van der Waals surface area contributed by atoms with Crippen LogP contribution in [0.1, 0.15) is 17.5 Å². The van der Waals surface area contributed by atoms with Gasteiger partial charge >= 0.3 is 0 Å². The number of likely N-dealkylation sites (N-methyl/N-ethyl adjacent to an activating group) is 1. The van der Waals surface area contributed by atoms with Crippen molar-refractivity contribution in [2.45, 2.75) is 24.7 Å². The number of hydrogen-bond donors (Lipinski definition) is 0. The highest BCUT2D eigenvalue weighted by Crippen LogP contribution is 2.22. The van der Waals surface area contributed by atoms with Gasteiger partial charge < -0.3 is 9.64 Å². The highest BCUT2D eigenvalue weighted by Gasteiger charge is 2.22. The average Bonchev–Trinajstić information content (AvgIpc) is 2.81. The van der Waals surface area contributed by atoms with Gasteiger partial charge in [0.2, 0.25) is 0 Å². The zero-order valence-corrected chi connectivity index (χ0v) is 11.3. The van der Waals surface area contributed by atoms with Crippen LogP contribution in [0.2, 0.25) is 0 Å². The Morgan fingerprint density at radius 2 is 2.44 bits per heavy atom. The summed E-state index contributed by atoms with van der Waals surface area (Å²) in [6.07, 6.45) is 3.03. The van der Waals surface area contributed by atoms with Crippen LogP contribution in [0.4, 0.5) is 5.82 Å². The molecule has 1 unspecified atom stereocenters. The fourth-order valence-electron chi connectivity index (χ4n) is 2.07. The van der Waals surface area contributed by atoms with Crippen molar-refractivity contribution < 1.29 is 4.74 Å². The minimum Gasteiger partial charge on any atom is -0.379 e. The fraction of sp³-hybridized carbons (Fsp3) is 0.583. The van der Waals surface area contributed by atoms with Gasteiger partial charge in [-0.25, -0.2) is 4.98 Å². The minimum absolute atomic E-state index is 0.473. The molecule has 0 spiro atoms. The molecule has 0 N–H and O–H groups in total. The highest BCUT2D eigenvalue weighted by molar-refractivity contribution is 9.08. The Labute approximate surface area is 105 Å². The number of alkyl halides is 1. The summed E-state index contributed by atoms with van der Waals surface area (Å²) in [4.78, 5) is 6.77. The molecule has 0 saturated carbocycles. The molecular formula is C12H17BrN2O. The molecule has 1 aromatic heterocycles. The van der Waals surface area contributed by atoms with Crippen molar-refractivity contribution >= 4 is 21.7 Å². The molecule has 0 aliphatic carbocycles. The number of nitrogens with zero attached hydrogens (tertiary/aromatic N) is 2. The molecule has 16 heavy (non-hydrogen) atoms. The van der Waals surface area contributed by atoms with Gasteiger partial charge in [0.25, 0.3) is 0 Å². The molecule has 1 aliphatic heterocycles. The maximum Gasteiger partial charge on any atom is 0.131 e. The first-order valence-corrected chi connectivity index (χ1v) is 6.66. The average molecular weight is 285 g/mol. The lowest BCUT2D eigenvalue weighted by Gasteiger charge is -2.25. The van der Waals surface area contributed by atoms with Crippen LogP contribution in [-0.4, -0.2) is 31.3 Å². The van der Waals surface area contributed by atoms with Gasteiger partial charge in [-0.15, -0.1) is 0 Å². The third-order valence-corrected chi connectivity index (χ3v) is 3.70. The molecule has 1 atom stereocenters. The largest absolute Gasteiger partial charge is 0.379 e. The molecule has 0 radical (unpaired) electrons. The van der Waals surface area contributed by atoms with Crippen LogP contribution in [0.3, 0.4) is 0 Å². The molecule has 4 heteroatoms. The van der Waals surface area contributed by atoms with Crippen LogP contribution in [0, 0.1) is 6.92 Å². The van der Waals surface area contributed by atoms with Crippen LogP contribution >= 0.6 is 15.9 Å². The first-order valence-electron chi connectivity index (χ1n) is 5.54. The summed E-state index contributed by atoms with van der Waals surface area (Å²) in [5.74, 6) is 1.07. The van der Waals surface area contributed by atoms with Gasteiger partial charge in [-0.2, -0.15) is 0 Å². The van der Waals surface area contributed by atoms with Crippen molar-refractivity contribution in [3.63, 3.8) is 0 Å². The van der Waals surface area contributed by atoms with Gasteiger partial charge in [-0.1, -0.05) is 22.0 Å². The molecule has 88 valence electrons. The Kier molecular flexibility index (Phi) is 3.82. The summed E-state index contributed by atoms with van der Waals surface area (Å²) in [5, 5.41) is 0.859. The number of hydrogen-bond acceptors (Lipinski definition) is 3. The van der Waals surface area contributed by atoms with Crippen LogP contribution < -0.4 is 4.90 Å². The summed E-state index contributed by atoms with van der Waals surface area (Å²) >= 11 is 3.45. The van der Waals surface area contributed by atoms with Crippen LogP contribution in [0.15, 0.2) is 12.3 Å². The van der Waals surface area contributed by atoms with E-state index < -0.39 is 0 Å². The zero-order valence-electron chi connectivity index (χ0n) is 9.74. The summed E-state index contributed by atoms with van der Waals surface area (Å²) in [6, 6.07) is 2.66. The van der Waals surface area contributed by atoms with Gasteiger partial charge in [0.05, 0.1) is 12.6 Å². The molecule has 1 aromatic rings. The normalized spacial score (nSPS) is 20.1. The van der Waals surface area contributed by atoms with Crippen molar-refractivity contribution in [3.8, 4) is 0 Å². The maximum absolute atomic E-state index is 5.41. The second kappa shape index (κ2) is 5.15. The lowest BCUT2D eigenvalue weighted by atomic mass is 10.1. The van der Waals surface area contributed by atoms with Gasteiger partial charge in [0.15, 0.2) is 0 Å². The molecule has 1 fully saturated rings. The smallest absolute Gasteiger partial charge is 0.131 e. The molecular weight excluding hydrogens is 268 g/mol. The van der Waals surface area contributed by atoms with E-state index in [0.29, 0.717) is 6.04 Å². The van der Waals surface area contributed by atoms with E-state index in [1.54, 1.807) is 0 Å². The Morgan fingerprint density at radius 1 is 1.62 bits per heavy atom. The second-order valence-corrected chi connectivity index (χ2v) is 4.81. The lowest BCUT2D eigenvalue weighted by Crippen LogP contribution is -2.33. The van der Waals surface area contributed by atoms with Crippen LogP contribution in [-0.2, 0) is 10.1 Å². The summed E-state index contributed by atoms with van der Waals surface area (Å²) in [7, 11) is 2.10. The maximum atomic E-state index is 5.41. The van der Waals surface area contributed by atoms with Gasteiger partial charge in [-0.3, -0.25) is 0 Å². The van der Waals surface area contributed by atoms with Crippen molar-refractivity contribution in [2.75, 3.05) is 25.2 Å². The molecule has 3 nitrogen and oxygen atoms in total. The van der Waals surface area contributed by atoms with Crippen molar-refractivity contribution in [3.05, 3.63) is 23.4 Å². The number of pyridine rings is 1. The number of aryl methyl sites for hydroxylation is 1. The standard InChI is InChI=1S/C12H17BrN2O/c1-9-5-10(6-13)7-14-12(9)15(2)11-3-4-16-8-11/h5,7,11H,3-4,6,8H2,1-2H3. The van der Waals surface area contributed by atoms with E-state index in [4.69, 9.17) is 4.74 Å². The van der Waals surface area contributed by atoms with E-state index in [0.717, 1.165) is 30.8 Å². The summed E-state index contributed by atoms with van der Waals surface area (Å²) < 4.78 is 5.41. The fourth-order valence-corrected chi connectivity index (χ4v) is 2.38. The lowest BCUT2D eigenvalue weighted by molar-refractivity contribution is 0.193. The Morgan fingerprint density at radius 3 is 3.00 bits per heavy atom. The molecule has 0 aromatic carbocycles. The van der Waals surface area contributed by atoms with E-state index in [9.17, 15) is 0 Å². The van der Waals surface area contributed by atoms with E-state index in [1.165, 1.54) is 11.1 Å². The third kappa shape index (κ3) is 2.38. The Hall–Kier alpha value is -0.610. The topological polar surface area (TPSA) is 25.4 Å². The second-order valence-electron chi connectivity index (χ2n) is 4.25. The zero-order chi connectivity index (χ0) is 11.5. The Bertz CT molecular complexity index is 364. The summed E-state index contributed by atoms with van der Waals surface area (Å²) in [5.41, 5.74) is 2.45. The monoisotopic (exact) mass is 284 g/mol. The number of rotatable bonds is 3. The number of halogens is 1. The molecule has 0 bridgehead atoms. The van der Waals surface area contributed by atoms with Crippen LogP contribution in [0.25, 0.3) is 0 Å². The number of ether oxygens (including phenoxy) is 1. The third-order valence-electron chi connectivity index (χ3n) is 3.05. The van der Waals surface area contributed by atoms with Gasteiger partial charge in [0.1, 0.15) is 5.82 Å². The molecule has 0 amide bonds. The molecule has 1 aliphatic rings. The summed E-state index contributed by atoms with van der Waals surface area (Å²) in [6.45, 7) is 3.80. The Balaban J connectivity index is 2.19. The van der Waals surface area contributed by atoms with E-state index >= 15 is 0 Å². The van der Waals surface area contributed by atoms with Gasteiger partial charge in [-0.05, 0) is 24.5 Å². The first-order chi connectivity index (χ1) is 7.72. The van der Waals surface area contributed by atoms with E-state index in [-0.39, 0.29) is 0 Å². The predicted molar refractivity (Wildman–Crippen MR) is 69.2 cm³/mol. The highest BCUT2D eigenvalue weighted by atomic mass is 79.9. The number of aromatic nitrogens is 1. The first kappa shape index (κ1) is 11.9. The molecule has 2 heterocycles. The predicted octanol–water partition coefficient (Wildman–Crippen LogP) is 2.51. The quantitative estimate of drug-likeness (QED) is 0.798. The van der Waals surface area contributed by atoms with E-state index in [1.807, 2.05) is 6.20 Å². The number of anilines is 1. The minimum atomic E-state index is 0.473. The van der Waals surface area contributed by atoms with Crippen LogP contribution in [0.5, 0.6) is 0 Å². The van der Waals surface area contributed by atoms with Crippen molar-refractivity contribution in [2.24, 2.45) is 0 Å². The molecule has 1 saturated heterocycles. The molecule has 2 rings (SSSR count).